The highest BCUT2D eigenvalue weighted by Gasteiger charge is 2.32. The Morgan fingerprint density at radius 3 is 2.37 bits per heavy atom. The maximum Gasteiger partial charge on any atom is 0.266 e. The molecule has 0 aliphatic carbocycles. The lowest BCUT2D eigenvalue weighted by atomic mass is 9.87. The number of thioether (sulfide) groups is 1. The van der Waals surface area contributed by atoms with Gasteiger partial charge in [0.15, 0.2) is 5.17 Å². The number of hydrogen-bond acceptors (Lipinski definition) is 3. The SMILES string of the molecule is CCN1C(=O)/C(=C\c2ccc(C(C)(C)C)cc2)SC1=Nc1ccccc1F. The molecule has 0 atom stereocenters. The molecule has 0 aromatic heterocycles. The van der Waals surface area contributed by atoms with E-state index in [1.165, 1.54) is 23.4 Å². The molecule has 1 aliphatic heterocycles. The number of benzene rings is 2. The van der Waals surface area contributed by atoms with E-state index in [0.717, 1.165) is 5.56 Å². The molecule has 0 spiro atoms. The van der Waals surface area contributed by atoms with Crippen LogP contribution in [0.1, 0.15) is 38.8 Å². The van der Waals surface area contributed by atoms with Crippen LogP contribution in [0.5, 0.6) is 0 Å². The highest BCUT2D eigenvalue weighted by Crippen LogP contribution is 2.34. The summed E-state index contributed by atoms with van der Waals surface area (Å²) in [6, 6.07) is 14.5. The summed E-state index contributed by atoms with van der Waals surface area (Å²) in [5, 5.41) is 0.505. The first kappa shape index (κ1) is 19.4. The van der Waals surface area contributed by atoms with Crippen LogP contribution in [0.25, 0.3) is 6.08 Å². The van der Waals surface area contributed by atoms with Crippen molar-refractivity contribution in [3.05, 3.63) is 70.4 Å². The molecule has 0 saturated carbocycles. The number of nitrogens with zero attached hydrogens (tertiary/aromatic N) is 2. The van der Waals surface area contributed by atoms with E-state index < -0.39 is 5.82 Å². The van der Waals surface area contributed by atoms with Crippen molar-refractivity contribution in [2.45, 2.75) is 33.1 Å². The number of amidine groups is 1. The van der Waals surface area contributed by atoms with Crippen molar-refractivity contribution in [3.63, 3.8) is 0 Å². The van der Waals surface area contributed by atoms with Gasteiger partial charge in [0.1, 0.15) is 11.5 Å². The van der Waals surface area contributed by atoms with E-state index in [4.69, 9.17) is 0 Å². The van der Waals surface area contributed by atoms with Crippen LogP contribution in [-0.4, -0.2) is 22.5 Å². The van der Waals surface area contributed by atoms with E-state index in [1.807, 2.05) is 25.1 Å². The average Bonchev–Trinajstić information content (AvgIpc) is 2.91. The molecule has 1 saturated heterocycles. The molecular formula is C22H23FN2OS. The monoisotopic (exact) mass is 382 g/mol. The number of para-hydroxylation sites is 1. The Hall–Kier alpha value is -2.40. The predicted molar refractivity (Wildman–Crippen MR) is 112 cm³/mol. The van der Waals surface area contributed by atoms with Crippen LogP contribution in [0.2, 0.25) is 0 Å². The lowest BCUT2D eigenvalue weighted by Gasteiger charge is -2.18. The van der Waals surface area contributed by atoms with Crippen LogP contribution >= 0.6 is 11.8 Å². The minimum absolute atomic E-state index is 0.0855. The smallest absolute Gasteiger partial charge is 0.266 e. The molecule has 1 fully saturated rings. The number of likely N-dealkylation sites (N-methyl/N-ethyl adjacent to an activating group) is 1. The van der Waals surface area contributed by atoms with Gasteiger partial charge in [-0.05, 0) is 53.4 Å². The number of hydrogen-bond donors (Lipinski definition) is 0. The summed E-state index contributed by atoms with van der Waals surface area (Å²) in [6.07, 6.45) is 1.87. The fraction of sp³-hybridized carbons (Fsp3) is 0.273. The van der Waals surface area contributed by atoms with Gasteiger partial charge in [-0.2, -0.15) is 0 Å². The van der Waals surface area contributed by atoms with Crippen LogP contribution in [0.15, 0.2) is 58.4 Å². The Labute approximate surface area is 164 Å². The molecule has 3 nitrogen and oxygen atoms in total. The molecule has 1 aliphatic rings. The Balaban J connectivity index is 1.90. The number of aliphatic imine (C=N–C) groups is 1. The van der Waals surface area contributed by atoms with Crippen molar-refractivity contribution < 1.29 is 9.18 Å². The highest BCUT2D eigenvalue weighted by molar-refractivity contribution is 8.18. The topological polar surface area (TPSA) is 32.7 Å². The number of amides is 1. The van der Waals surface area contributed by atoms with Gasteiger partial charge in [-0.15, -0.1) is 0 Å². The number of carbonyl (C=O) groups is 1. The Kier molecular flexibility index (Phi) is 5.51. The summed E-state index contributed by atoms with van der Waals surface area (Å²) in [7, 11) is 0. The highest BCUT2D eigenvalue weighted by atomic mass is 32.2. The molecule has 27 heavy (non-hydrogen) atoms. The van der Waals surface area contributed by atoms with Gasteiger partial charge in [0.2, 0.25) is 0 Å². The predicted octanol–water partition coefficient (Wildman–Crippen LogP) is 5.75. The lowest BCUT2D eigenvalue weighted by molar-refractivity contribution is -0.122. The van der Waals surface area contributed by atoms with Crippen molar-refractivity contribution in [1.29, 1.82) is 0 Å². The molecule has 0 N–H and O–H groups in total. The zero-order valence-electron chi connectivity index (χ0n) is 16.0. The molecule has 2 aromatic rings. The first-order chi connectivity index (χ1) is 12.8. The van der Waals surface area contributed by atoms with Gasteiger partial charge < -0.3 is 0 Å². The molecule has 1 amide bonds. The first-order valence-electron chi connectivity index (χ1n) is 8.95. The van der Waals surface area contributed by atoms with E-state index in [-0.39, 0.29) is 17.0 Å². The summed E-state index contributed by atoms with van der Waals surface area (Å²) in [6.45, 7) is 8.88. The minimum atomic E-state index is -0.399. The van der Waals surface area contributed by atoms with Crippen molar-refractivity contribution in [2.24, 2.45) is 4.99 Å². The van der Waals surface area contributed by atoms with Crippen molar-refractivity contribution in [1.82, 2.24) is 4.90 Å². The summed E-state index contributed by atoms with van der Waals surface area (Å²) in [5.41, 5.74) is 2.53. The molecular weight excluding hydrogens is 359 g/mol. The average molecular weight is 383 g/mol. The van der Waals surface area contributed by atoms with Crippen molar-refractivity contribution in [3.8, 4) is 0 Å². The van der Waals surface area contributed by atoms with E-state index >= 15 is 0 Å². The van der Waals surface area contributed by atoms with Crippen LogP contribution < -0.4 is 0 Å². The maximum absolute atomic E-state index is 13.9. The van der Waals surface area contributed by atoms with E-state index in [9.17, 15) is 9.18 Å². The van der Waals surface area contributed by atoms with Gasteiger partial charge >= 0.3 is 0 Å². The molecule has 140 valence electrons. The molecule has 0 unspecified atom stereocenters. The van der Waals surface area contributed by atoms with Crippen LogP contribution in [-0.2, 0) is 10.2 Å². The van der Waals surface area contributed by atoms with Gasteiger partial charge in [0, 0.05) is 6.54 Å². The Morgan fingerprint density at radius 1 is 1.11 bits per heavy atom. The van der Waals surface area contributed by atoms with E-state index in [1.54, 1.807) is 23.1 Å². The third-order valence-corrected chi connectivity index (χ3v) is 5.35. The standard InChI is InChI=1S/C22H23FN2OS/c1-5-25-20(26)19(14-15-10-12-16(13-11-15)22(2,3)4)27-21(25)24-18-9-7-6-8-17(18)23/h6-14H,5H2,1-4H3/b19-14+,24-21?. The van der Waals surface area contributed by atoms with E-state index in [0.29, 0.717) is 16.6 Å². The first-order valence-corrected chi connectivity index (χ1v) is 9.76. The zero-order chi connectivity index (χ0) is 19.6. The maximum atomic E-state index is 13.9. The Morgan fingerprint density at radius 2 is 1.78 bits per heavy atom. The second kappa shape index (κ2) is 7.69. The third kappa shape index (κ3) is 4.30. The quantitative estimate of drug-likeness (QED) is 0.634. The fourth-order valence-electron chi connectivity index (χ4n) is 2.75. The summed E-state index contributed by atoms with van der Waals surface area (Å²) in [4.78, 5) is 19.3. The molecule has 2 aromatic carbocycles. The second-order valence-corrected chi connectivity index (χ2v) is 8.39. The molecule has 0 bridgehead atoms. The summed E-state index contributed by atoms with van der Waals surface area (Å²) in [5.74, 6) is -0.498. The number of halogens is 1. The summed E-state index contributed by atoms with van der Waals surface area (Å²) < 4.78 is 13.9. The lowest BCUT2D eigenvalue weighted by Crippen LogP contribution is -2.28. The van der Waals surface area contributed by atoms with Crippen LogP contribution in [0.3, 0.4) is 0 Å². The third-order valence-electron chi connectivity index (χ3n) is 4.35. The fourth-order valence-corrected chi connectivity index (χ4v) is 3.80. The van der Waals surface area contributed by atoms with Gasteiger partial charge in [-0.3, -0.25) is 9.69 Å². The van der Waals surface area contributed by atoms with Gasteiger partial charge in [0.25, 0.3) is 5.91 Å². The van der Waals surface area contributed by atoms with Gasteiger partial charge in [-0.1, -0.05) is 57.2 Å². The number of carbonyl (C=O) groups excluding carboxylic acids is 1. The molecule has 0 radical (unpaired) electrons. The normalized spacial score (nSPS) is 18.0. The minimum Gasteiger partial charge on any atom is -0.287 e. The zero-order valence-corrected chi connectivity index (χ0v) is 16.8. The summed E-state index contributed by atoms with van der Waals surface area (Å²) >= 11 is 1.28. The van der Waals surface area contributed by atoms with Crippen molar-refractivity contribution in [2.75, 3.05) is 6.54 Å². The van der Waals surface area contributed by atoms with E-state index in [2.05, 4.69) is 37.9 Å². The van der Waals surface area contributed by atoms with Gasteiger partial charge in [-0.25, -0.2) is 9.38 Å². The second-order valence-electron chi connectivity index (χ2n) is 7.38. The van der Waals surface area contributed by atoms with Crippen molar-refractivity contribution >= 4 is 34.6 Å². The largest absolute Gasteiger partial charge is 0.287 e. The van der Waals surface area contributed by atoms with Gasteiger partial charge in [0.05, 0.1) is 4.91 Å². The molecule has 5 heteroatoms. The van der Waals surface area contributed by atoms with Crippen LogP contribution in [0, 0.1) is 5.82 Å². The van der Waals surface area contributed by atoms with Crippen LogP contribution in [0.4, 0.5) is 10.1 Å². The molecule has 1 heterocycles. The number of rotatable bonds is 3. The molecule has 3 rings (SSSR count). The Bertz CT molecular complexity index is 911.